The van der Waals surface area contributed by atoms with E-state index >= 15 is 0 Å². The lowest BCUT2D eigenvalue weighted by molar-refractivity contribution is 0.0141. The molecule has 1 aromatic carbocycles. The Hall–Kier alpha value is -3.42. The van der Waals surface area contributed by atoms with Gasteiger partial charge in [0.1, 0.15) is 11.2 Å². The summed E-state index contributed by atoms with van der Waals surface area (Å²) in [5, 5.41) is 4.42. The Kier molecular flexibility index (Phi) is 5.15. The van der Waals surface area contributed by atoms with E-state index in [0.29, 0.717) is 37.4 Å². The summed E-state index contributed by atoms with van der Waals surface area (Å²) in [5.41, 5.74) is 2.31. The van der Waals surface area contributed by atoms with Gasteiger partial charge in [0.25, 0.3) is 5.91 Å². The van der Waals surface area contributed by atoms with Gasteiger partial charge in [-0.25, -0.2) is 14.3 Å². The standard InChI is InChI=1S/C22H25N5O3/c1-22(2,3)30-21(29)26-13-11-25(12-14-26)20(28)17-15-24-27-18(9-10-23-19(17)27)16-7-5-4-6-8-16/h4-10,15H,11-14H2,1-3H3. The van der Waals surface area contributed by atoms with Crippen molar-refractivity contribution < 1.29 is 14.3 Å². The van der Waals surface area contributed by atoms with Crippen LogP contribution in [0.1, 0.15) is 31.1 Å². The van der Waals surface area contributed by atoms with Gasteiger partial charge in [-0.05, 0) is 26.8 Å². The predicted molar refractivity (Wildman–Crippen MR) is 112 cm³/mol. The summed E-state index contributed by atoms with van der Waals surface area (Å²) < 4.78 is 7.11. The molecule has 1 fully saturated rings. The Labute approximate surface area is 175 Å². The van der Waals surface area contributed by atoms with E-state index in [4.69, 9.17) is 4.74 Å². The van der Waals surface area contributed by atoms with Gasteiger partial charge in [-0.3, -0.25) is 4.79 Å². The lowest BCUT2D eigenvalue weighted by Gasteiger charge is -2.35. The molecule has 0 spiro atoms. The van der Waals surface area contributed by atoms with Crippen LogP contribution in [0, 0.1) is 0 Å². The normalized spacial score (nSPS) is 14.8. The van der Waals surface area contributed by atoms with Gasteiger partial charge in [-0.1, -0.05) is 30.3 Å². The number of ether oxygens (including phenoxy) is 1. The fraction of sp³-hybridized carbons (Fsp3) is 0.364. The third-order valence-corrected chi connectivity index (χ3v) is 4.92. The highest BCUT2D eigenvalue weighted by molar-refractivity contribution is 6.00. The number of hydrogen-bond acceptors (Lipinski definition) is 5. The molecule has 8 heteroatoms. The van der Waals surface area contributed by atoms with Crippen molar-refractivity contribution in [3.8, 4) is 11.3 Å². The molecule has 156 valence electrons. The Balaban J connectivity index is 1.51. The Morgan fingerprint density at radius 2 is 1.63 bits per heavy atom. The third-order valence-electron chi connectivity index (χ3n) is 4.92. The first-order valence-corrected chi connectivity index (χ1v) is 9.99. The molecule has 8 nitrogen and oxygen atoms in total. The van der Waals surface area contributed by atoms with Gasteiger partial charge in [-0.15, -0.1) is 0 Å². The molecule has 0 bridgehead atoms. The van der Waals surface area contributed by atoms with Gasteiger partial charge in [0.2, 0.25) is 0 Å². The summed E-state index contributed by atoms with van der Waals surface area (Å²) in [6.45, 7) is 7.26. The van der Waals surface area contributed by atoms with E-state index in [1.54, 1.807) is 26.7 Å². The molecule has 0 N–H and O–H groups in total. The molecule has 30 heavy (non-hydrogen) atoms. The van der Waals surface area contributed by atoms with Crippen LogP contribution < -0.4 is 0 Å². The fourth-order valence-electron chi connectivity index (χ4n) is 3.46. The van der Waals surface area contributed by atoms with Gasteiger partial charge in [0, 0.05) is 37.9 Å². The minimum atomic E-state index is -0.538. The number of hydrogen-bond donors (Lipinski definition) is 0. The summed E-state index contributed by atoms with van der Waals surface area (Å²) >= 11 is 0. The van der Waals surface area contributed by atoms with Crippen molar-refractivity contribution in [2.24, 2.45) is 0 Å². The molecule has 3 aromatic rings. The van der Waals surface area contributed by atoms with Crippen molar-refractivity contribution in [2.45, 2.75) is 26.4 Å². The van der Waals surface area contributed by atoms with Crippen LogP contribution in [0.15, 0.2) is 48.8 Å². The second kappa shape index (κ2) is 7.78. The van der Waals surface area contributed by atoms with Crippen molar-refractivity contribution in [1.82, 2.24) is 24.4 Å². The number of piperazine rings is 1. The smallest absolute Gasteiger partial charge is 0.410 e. The summed E-state index contributed by atoms with van der Waals surface area (Å²) in [6, 6.07) is 11.7. The predicted octanol–water partition coefficient (Wildman–Crippen LogP) is 3.09. The molecule has 1 aliphatic heterocycles. The molecule has 2 aromatic heterocycles. The lowest BCUT2D eigenvalue weighted by Crippen LogP contribution is -2.51. The molecule has 3 heterocycles. The number of carbonyl (C=O) groups excluding carboxylic acids is 2. The van der Waals surface area contributed by atoms with Crippen LogP contribution in [-0.4, -0.2) is 68.2 Å². The maximum Gasteiger partial charge on any atom is 0.410 e. The van der Waals surface area contributed by atoms with E-state index in [0.717, 1.165) is 11.3 Å². The van der Waals surface area contributed by atoms with Crippen LogP contribution in [0.2, 0.25) is 0 Å². The van der Waals surface area contributed by atoms with Crippen molar-refractivity contribution >= 4 is 17.6 Å². The first-order chi connectivity index (χ1) is 14.3. The van der Waals surface area contributed by atoms with E-state index in [-0.39, 0.29) is 12.0 Å². The fourth-order valence-corrected chi connectivity index (χ4v) is 3.46. The highest BCUT2D eigenvalue weighted by atomic mass is 16.6. The van der Waals surface area contributed by atoms with Crippen LogP contribution in [-0.2, 0) is 4.74 Å². The van der Waals surface area contributed by atoms with Crippen LogP contribution in [0.4, 0.5) is 4.79 Å². The topological polar surface area (TPSA) is 80.0 Å². The number of carbonyl (C=O) groups is 2. The zero-order valence-electron chi connectivity index (χ0n) is 17.4. The highest BCUT2D eigenvalue weighted by Crippen LogP contribution is 2.22. The third kappa shape index (κ3) is 3.98. The maximum atomic E-state index is 13.1. The Morgan fingerprint density at radius 1 is 0.967 bits per heavy atom. The maximum absolute atomic E-state index is 13.1. The average Bonchev–Trinajstić information content (AvgIpc) is 3.17. The molecule has 2 amide bonds. The largest absolute Gasteiger partial charge is 0.444 e. The minimum absolute atomic E-state index is 0.133. The molecule has 0 unspecified atom stereocenters. The molecule has 0 radical (unpaired) electrons. The molecule has 4 rings (SSSR count). The lowest BCUT2D eigenvalue weighted by atomic mass is 10.1. The molecule has 0 aliphatic carbocycles. The number of amides is 2. The SMILES string of the molecule is CC(C)(C)OC(=O)N1CCN(C(=O)c2cnn3c(-c4ccccc4)ccnc23)CC1. The number of aromatic nitrogens is 3. The summed E-state index contributed by atoms with van der Waals surface area (Å²) in [5.74, 6) is -0.133. The minimum Gasteiger partial charge on any atom is -0.444 e. The quantitative estimate of drug-likeness (QED) is 0.652. The van der Waals surface area contributed by atoms with Crippen LogP contribution in [0.5, 0.6) is 0 Å². The second-order valence-electron chi connectivity index (χ2n) is 8.25. The van der Waals surface area contributed by atoms with Crippen LogP contribution in [0.3, 0.4) is 0 Å². The van der Waals surface area contributed by atoms with Gasteiger partial charge in [0.15, 0.2) is 5.65 Å². The van der Waals surface area contributed by atoms with Gasteiger partial charge < -0.3 is 14.5 Å². The van der Waals surface area contributed by atoms with Crippen molar-refractivity contribution in [3.63, 3.8) is 0 Å². The summed E-state index contributed by atoms with van der Waals surface area (Å²) in [4.78, 5) is 33.1. The summed E-state index contributed by atoms with van der Waals surface area (Å²) in [7, 11) is 0. The molecule has 1 aliphatic rings. The van der Waals surface area contributed by atoms with E-state index in [1.165, 1.54) is 0 Å². The first kappa shape index (κ1) is 19.9. The number of benzene rings is 1. The summed E-state index contributed by atoms with van der Waals surface area (Å²) in [6.07, 6.45) is 2.91. The van der Waals surface area contributed by atoms with Crippen molar-refractivity contribution in [1.29, 1.82) is 0 Å². The Morgan fingerprint density at radius 3 is 2.30 bits per heavy atom. The highest BCUT2D eigenvalue weighted by Gasteiger charge is 2.29. The van der Waals surface area contributed by atoms with Gasteiger partial charge in [0.05, 0.1) is 11.9 Å². The molecular formula is C22H25N5O3. The number of rotatable bonds is 2. The zero-order valence-corrected chi connectivity index (χ0v) is 17.4. The van der Waals surface area contributed by atoms with Crippen LogP contribution in [0.25, 0.3) is 16.9 Å². The molecule has 0 saturated carbocycles. The van der Waals surface area contributed by atoms with Gasteiger partial charge >= 0.3 is 6.09 Å². The molecule has 1 saturated heterocycles. The van der Waals surface area contributed by atoms with E-state index in [1.807, 2.05) is 57.2 Å². The van der Waals surface area contributed by atoms with Gasteiger partial charge in [-0.2, -0.15) is 5.10 Å². The Bertz CT molecular complexity index is 1060. The van der Waals surface area contributed by atoms with Crippen molar-refractivity contribution in [2.75, 3.05) is 26.2 Å². The van der Waals surface area contributed by atoms with E-state index in [2.05, 4.69) is 10.1 Å². The van der Waals surface area contributed by atoms with Crippen LogP contribution >= 0.6 is 0 Å². The number of fused-ring (bicyclic) bond motifs is 1. The van der Waals surface area contributed by atoms with E-state index < -0.39 is 5.60 Å². The van der Waals surface area contributed by atoms with Crippen molar-refractivity contribution in [3.05, 3.63) is 54.4 Å². The second-order valence-corrected chi connectivity index (χ2v) is 8.25. The number of nitrogens with zero attached hydrogens (tertiary/aromatic N) is 5. The monoisotopic (exact) mass is 407 g/mol. The average molecular weight is 407 g/mol. The first-order valence-electron chi connectivity index (χ1n) is 9.99. The zero-order chi connectivity index (χ0) is 21.3. The molecular weight excluding hydrogens is 382 g/mol. The van der Waals surface area contributed by atoms with E-state index in [9.17, 15) is 9.59 Å². The molecule has 0 atom stereocenters.